The van der Waals surface area contributed by atoms with Gasteiger partial charge >= 0.3 is 6.09 Å². The number of amides is 2. The highest BCUT2D eigenvalue weighted by Gasteiger charge is 2.59. The number of hydrazine groups is 1. The SMILES string of the molecule is O=C1OCCN1N1CC[C@@H]([P+](c2ccccc2)(c2ccccc2)c2ccccc2)C1=O.[Br-]. The molecule has 0 spiro atoms. The molecule has 32 heavy (non-hydrogen) atoms. The van der Waals surface area contributed by atoms with E-state index < -0.39 is 13.4 Å². The van der Waals surface area contributed by atoms with E-state index in [1.165, 1.54) is 20.9 Å². The third-order valence-corrected chi connectivity index (χ3v) is 10.9. The number of carbonyl (C=O) groups is 2. The van der Waals surface area contributed by atoms with Crippen molar-refractivity contribution < 1.29 is 31.3 Å². The minimum absolute atomic E-state index is 0. The van der Waals surface area contributed by atoms with Crippen molar-refractivity contribution in [2.24, 2.45) is 0 Å². The van der Waals surface area contributed by atoms with Crippen LogP contribution in [-0.2, 0) is 9.53 Å². The van der Waals surface area contributed by atoms with Crippen molar-refractivity contribution in [2.75, 3.05) is 19.7 Å². The minimum Gasteiger partial charge on any atom is -1.00 e. The standard InChI is InChI=1S/C25H24N2O3P.BrH/c28-24-23(16-17-26(24)27-18-19-30-25(27)29)31(20-10-4-1-5-11-20,21-12-6-2-7-13-21)22-14-8-3-9-15-22;/h1-15,23H,16-19H2;1H/q+1;/p-1/t23-;/m1./s1. The van der Waals surface area contributed by atoms with E-state index in [1.54, 1.807) is 5.01 Å². The summed E-state index contributed by atoms with van der Waals surface area (Å²) in [5, 5.41) is 6.62. The van der Waals surface area contributed by atoms with Gasteiger partial charge in [-0.15, -0.1) is 0 Å². The highest BCUT2D eigenvalue weighted by Crippen LogP contribution is 2.62. The van der Waals surface area contributed by atoms with Gasteiger partial charge in [0.2, 0.25) is 0 Å². The van der Waals surface area contributed by atoms with E-state index in [4.69, 9.17) is 4.74 Å². The summed E-state index contributed by atoms with van der Waals surface area (Å²) in [6, 6.07) is 31.2. The Morgan fingerprint density at radius 3 is 1.56 bits per heavy atom. The first-order valence-corrected chi connectivity index (χ1v) is 12.4. The van der Waals surface area contributed by atoms with Crippen molar-refractivity contribution >= 4 is 35.2 Å². The van der Waals surface area contributed by atoms with Crippen molar-refractivity contribution in [3.8, 4) is 0 Å². The zero-order valence-electron chi connectivity index (χ0n) is 17.5. The highest BCUT2D eigenvalue weighted by atomic mass is 79.9. The average Bonchev–Trinajstić information content (AvgIpc) is 3.42. The largest absolute Gasteiger partial charge is 1.00 e. The number of benzene rings is 3. The molecule has 0 unspecified atom stereocenters. The van der Waals surface area contributed by atoms with Crippen molar-refractivity contribution in [3.05, 3.63) is 91.0 Å². The van der Waals surface area contributed by atoms with Crippen LogP contribution >= 0.6 is 7.26 Å². The summed E-state index contributed by atoms with van der Waals surface area (Å²) in [4.78, 5) is 26.1. The van der Waals surface area contributed by atoms with Crippen LogP contribution in [0.25, 0.3) is 0 Å². The molecule has 2 amide bonds. The van der Waals surface area contributed by atoms with Crippen molar-refractivity contribution in [2.45, 2.75) is 12.1 Å². The molecule has 3 aromatic carbocycles. The summed E-state index contributed by atoms with van der Waals surface area (Å²) in [7, 11) is -2.32. The van der Waals surface area contributed by atoms with Crippen LogP contribution in [0.4, 0.5) is 4.79 Å². The molecule has 3 aromatic rings. The van der Waals surface area contributed by atoms with Crippen LogP contribution in [-0.4, -0.2) is 47.4 Å². The van der Waals surface area contributed by atoms with Crippen LogP contribution in [0.15, 0.2) is 91.0 Å². The first-order valence-electron chi connectivity index (χ1n) is 10.5. The number of cyclic esters (lactones) is 1. The van der Waals surface area contributed by atoms with Crippen LogP contribution in [0.3, 0.4) is 0 Å². The molecule has 2 fully saturated rings. The van der Waals surface area contributed by atoms with Crippen LogP contribution in [0.1, 0.15) is 6.42 Å². The van der Waals surface area contributed by atoms with E-state index in [1.807, 2.05) is 54.6 Å². The van der Waals surface area contributed by atoms with Gasteiger partial charge in [-0.25, -0.2) is 14.8 Å². The zero-order chi connectivity index (χ0) is 21.3. The number of hydrogen-bond acceptors (Lipinski definition) is 3. The molecule has 0 aromatic heterocycles. The maximum atomic E-state index is 13.9. The molecule has 5 rings (SSSR count). The lowest BCUT2D eigenvalue weighted by molar-refractivity contribution is -0.137. The number of hydrogen-bond donors (Lipinski definition) is 0. The molecular formula is C25H24BrN2O3P. The monoisotopic (exact) mass is 510 g/mol. The third kappa shape index (κ3) is 3.62. The van der Waals surface area contributed by atoms with Gasteiger partial charge in [0.15, 0.2) is 5.66 Å². The van der Waals surface area contributed by atoms with E-state index in [9.17, 15) is 9.59 Å². The fourth-order valence-corrected chi connectivity index (χ4v) is 9.70. The van der Waals surface area contributed by atoms with Gasteiger partial charge in [-0.3, -0.25) is 4.79 Å². The van der Waals surface area contributed by atoms with Crippen LogP contribution in [0.2, 0.25) is 0 Å². The second kappa shape index (κ2) is 9.43. The van der Waals surface area contributed by atoms with Gasteiger partial charge in [0, 0.05) is 13.0 Å². The smallest absolute Gasteiger partial charge is 0.429 e. The Bertz CT molecular complexity index is 985. The highest BCUT2D eigenvalue weighted by molar-refractivity contribution is 7.96. The molecule has 0 radical (unpaired) electrons. The zero-order valence-corrected chi connectivity index (χ0v) is 20.0. The molecule has 2 saturated heterocycles. The summed E-state index contributed by atoms with van der Waals surface area (Å²) in [5.74, 6) is 0.00347. The topological polar surface area (TPSA) is 49.9 Å². The first kappa shape index (κ1) is 22.5. The van der Waals surface area contributed by atoms with Crippen LogP contribution in [0, 0.1) is 0 Å². The van der Waals surface area contributed by atoms with Crippen molar-refractivity contribution in [1.29, 1.82) is 0 Å². The molecule has 1 atom stereocenters. The van der Waals surface area contributed by atoms with E-state index >= 15 is 0 Å². The Morgan fingerprint density at radius 2 is 1.16 bits per heavy atom. The van der Waals surface area contributed by atoms with Crippen LogP contribution < -0.4 is 32.9 Å². The first-order chi connectivity index (χ1) is 15.2. The predicted molar refractivity (Wildman–Crippen MR) is 123 cm³/mol. The molecule has 0 saturated carbocycles. The number of halogens is 1. The number of carbonyl (C=O) groups excluding carboxylic acids is 2. The molecule has 2 aliphatic heterocycles. The summed E-state index contributed by atoms with van der Waals surface area (Å²) < 4.78 is 5.10. The van der Waals surface area contributed by atoms with Gasteiger partial charge in [0.05, 0.1) is 6.54 Å². The fourth-order valence-electron chi connectivity index (χ4n) is 4.83. The second-order valence-electron chi connectivity index (χ2n) is 7.73. The van der Waals surface area contributed by atoms with E-state index in [0.29, 0.717) is 26.1 Å². The normalized spacial score (nSPS) is 18.4. The molecule has 0 bridgehead atoms. The molecule has 2 heterocycles. The molecule has 0 N–H and O–H groups in total. The van der Waals surface area contributed by atoms with Gasteiger partial charge in [-0.1, -0.05) is 54.6 Å². The fraction of sp³-hybridized carbons (Fsp3) is 0.200. The van der Waals surface area contributed by atoms with Crippen LogP contribution in [0.5, 0.6) is 0 Å². The lowest BCUT2D eigenvalue weighted by Crippen LogP contribution is -3.00. The molecule has 2 aliphatic rings. The molecule has 5 nitrogen and oxygen atoms in total. The van der Waals surface area contributed by atoms with Crippen molar-refractivity contribution in [1.82, 2.24) is 10.0 Å². The van der Waals surface area contributed by atoms with Crippen molar-refractivity contribution in [3.63, 3.8) is 0 Å². The van der Waals surface area contributed by atoms with E-state index in [-0.39, 0.29) is 28.5 Å². The maximum Gasteiger partial charge on any atom is 0.429 e. The quantitative estimate of drug-likeness (QED) is 0.452. The Balaban J connectivity index is 0.00000245. The molecule has 164 valence electrons. The summed E-state index contributed by atoms with van der Waals surface area (Å²) >= 11 is 0. The number of nitrogens with zero attached hydrogens (tertiary/aromatic N) is 2. The van der Waals surface area contributed by atoms with Gasteiger partial charge in [-0.2, -0.15) is 0 Å². The number of rotatable bonds is 5. The average molecular weight is 511 g/mol. The molecular weight excluding hydrogens is 487 g/mol. The van der Waals surface area contributed by atoms with Gasteiger partial charge < -0.3 is 21.7 Å². The van der Waals surface area contributed by atoms with E-state index in [0.717, 1.165) is 0 Å². The van der Waals surface area contributed by atoms with Gasteiger partial charge in [-0.05, 0) is 36.4 Å². The Hall–Kier alpha value is -2.69. The second-order valence-corrected chi connectivity index (χ2v) is 11.4. The summed E-state index contributed by atoms with van der Waals surface area (Å²) in [5.41, 5.74) is -0.242. The predicted octanol–water partition coefficient (Wildman–Crippen LogP) is -0.0474. The minimum atomic E-state index is -2.32. The van der Waals surface area contributed by atoms with Gasteiger partial charge in [0.1, 0.15) is 29.8 Å². The molecule has 7 heteroatoms. The third-order valence-electron chi connectivity index (χ3n) is 6.14. The lowest BCUT2D eigenvalue weighted by Gasteiger charge is -2.32. The Labute approximate surface area is 199 Å². The lowest BCUT2D eigenvalue weighted by atomic mass is 10.3. The summed E-state index contributed by atoms with van der Waals surface area (Å²) in [6.45, 7) is 1.27. The summed E-state index contributed by atoms with van der Waals surface area (Å²) in [6.07, 6.45) is 0.256. The van der Waals surface area contributed by atoms with E-state index in [2.05, 4.69) is 36.4 Å². The maximum absolute atomic E-state index is 13.9. The van der Waals surface area contributed by atoms with Gasteiger partial charge in [0.25, 0.3) is 5.91 Å². The Morgan fingerprint density at radius 1 is 0.688 bits per heavy atom. The molecule has 0 aliphatic carbocycles. The number of ether oxygens (including phenoxy) is 1. The Kier molecular flexibility index (Phi) is 6.63.